The Morgan fingerprint density at radius 1 is 0.882 bits per heavy atom. The van der Waals surface area contributed by atoms with Crippen molar-refractivity contribution in [1.29, 1.82) is 0 Å². The number of benzene rings is 2. The predicted molar refractivity (Wildman–Crippen MR) is 125 cm³/mol. The molecule has 3 aromatic heterocycles. The van der Waals surface area contributed by atoms with Crippen molar-refractivity contribution in [2.75, 3.05) is 0 Å². The molecule has 0 unspecified atom stereocenters. The summed E-state index contributed by atoms with van der Waals surface area (Å²) in [5.41, 5.74) is 4.16. The van der Waals surface area contributed by atoms with Gasteiger partial charge in [0.05, 0.1) is 16.1 Å². The lowest BCUT2D eigenvalue weighted by Gasteiger charge is -2.08. The van der Waals surface area contributed by atoms with E-state index in [-0.39, 0.29) is 5.39 Å². The van der Waals surface area contributed by atoms with Crippen LogP contribution in [0.15, 0.2) is 67.0 Å². The van der Waals surface area contributed by atoms with Crippen molar-refractivity contribution in [2.45, 2.75) is 25.7 Å². The second-order valence-electron chi connectivity index (χ2n) is 8.07. The molecule has 0 saturated carbocycles. The summed E-state index contributed by atoms with van der Waals surface area (Å²) in [5.74, 6) is 0. The van der Waals surface area contributed by atoms with Crippen molar-refractivity contribution in [3.8, 4) is 0 Å². The lowest BCUT2D eigenvalue weighted by atomic mass is 10.1. The van der Waals surface area contributed by atoms with Crippen LogP contribution in [0.2, 0.25) is 5.02 Å². The van der Waals surface area contributed by atoms with Crippen molar-refractivity contribution < 1.29 is 13.2 Å². The number of pyridine rings is 2. The molecule has 0 aliphatic carbocycles. The molecule has 34 heavy (non-hydrogen) atoms. The zero-order chi connectivity index (χ0) is 23.7. The van der Waals surface area contributed by atoms with E-state index in [1.54, 1.807) is 24.5 Å². The van der Waals surface area contributed by atoms with Crippen molar-refractivity contribution in [3.63, 3.8) is 0 Å². The summed E-state index contributed by atoms with van der Waals surface area (Å²) >= 11 is 6.06. The number of nitrogens with one attached hydrogen (secondary N) is 2. The number of alkyl halides is 3. The highest BCUT2D eigenvalue weighted by molar-refractivity contribution is 6.31. The van der Waals surface area contributed by atoms with Crippen molar-refractivity contribution in [2.24, 2.45) is 0 Å². The fraction of sp³-hybridized carbons (Fsp3) is 0.160. The van der Waals surface area contributed by atoms with Gasteiger partial charge in [0, 0.05) is 48.4 Å². The molecule has 0 fully saturated rings. The summed E-state index contributed by atoms with van der Waals surface area (Å²) in [4.78, 5) is 8.79. The molecule has 0 aliphatic heterocycles. The first-order valence-electron chi connectivity index (χ1n) is 10.6. The Kier molecular flexibility index (Phi) is 5.93. The van der Waals surface area contributed by atoms with Crippen LogP contribution in [0.25, 0.3) is 21.8 Å². The Hall–Kier alpha value is -3.49. The number of halogens is 4. The van der Waals surface area contributed by atoms with Gasteiger partial charge in [-0.15, -0.1) is 0 Å². The molecule has 2 aromatic carbocycles. The summed E-state index contributed by atoms with van der Waals surface area (Å²) in [7, 11) is 0. The number of fused-ring (bicyclic) bond motifs is 2. The number of aromatic amines is 1. The standard InChI is InChI=1S/C25H19ClF3N5/c26-19-11-18-7-15(1-3-22(18)32-14-19)8-20-9-17(5-6-31-20)13-30-12-16-2-4-23-21(10-16)24(34-33-23)25(27,28)29/h1-7,9-11,14,30H,8,12-13H2,(H,33,34). The summed E-state index contributed by atoms with van der Waals surface area (Å²) in [6, 6.07) is 16.8. The van der Waals surface area contributed by atoms with Gasteiger partial charge in [-0.2, -0.15) is 18.3 Å². The Morgan fingerprint density at radius 2 is 1.68 bits per heavy atom. The van der Waals surface area contributed by atoms with Crippen LogP contribution in [0.3, 0.4) is 0 Å². The van der Waals surface area contributed by atoms with Crippen LogP contribution in [0, 0.1) is 0 Å². The largest absolute Gasteiger partial charge is 0.435 e. The quantitative estimate of drug-likeness (QED) is 0.309. The van der Waals surface area contributed by atoms with Crippen molar-refractivity contribution in [1.82, 2.24) is 25.5 Å². The molecule has 9 heteroatoms. The van der Waals surface area contributed by atoms with Gasteiger partial charge in [-0.05, 0) is 59.2 Å². The molecule has 3 heterocycles. The molecule has 0 saturated heterocycles. The van der Waals surface area contributed by atoms with Gasteiger partial charge in [0.25, 0.3) is 0 Å². The molecule has 0 bridgehead atoms. The van der Waals surface area contributed by atoms with E-state index in [1.165, 1.54) is 6.07 Å². The minimum atomic E-state index is -4.49. The lowest BCUT2D eigenvalue weighted by molar-refractivity contribution is -0.139. The normalized spacial score (nSPS) is 12.0. The van der Waals surface area contributed by atoms with E-state index in [0.29, 0.717) is 30.0 Å². The van der Waals surface area contributed by atoms with Gasteiger partial charge in [-0.1, -0.05) is 23.7 Å². The second-order valence-corrected chi connectivity index (χ2v) is 8.50. The van der Waals surface area contributed by atoms with E-state index in [4.69, 9.17) is 11.6 Å². The number of aromatic nitrogens is 4. The molecular weight excluding hydrogens is 463 g/mol. The summed E-state index contributed by atoms with van der Waals surface area (Å²) < 4.78 is 39.4. The summed E-state index contributed by atoms with van der Waals surface area (Å²) in [6.07, 6.45) is -0.442. The first-order valence-corrected chi connectivity index (χ1v) is 11.0. The first-order chi connectivity index (χ1) is 16.3. The fourth-order valence-corrected chi connectivity index (χ4v) is 4.11. The highest BCUT2D eigenvalue weighted by Crippen LogP contribution is 2.33. The van der Waals surface area contributed by atoms with Crippen LogP contribution in [-0.2, 0) is 25.7 Å². The first kappa shape index (κ1) is 22.3. The zero-order valence-corrected chi connectivity index (χ0v) is 18.6. The van der Waals surface area contributed by atoms with Gasteiger partial charge in [-0.3, -0.25) is 15.1 Å². The van der Waals surface area contributed by atoms with Gasteiger partial charge < -0.3 is 5.32 Å². The predicted octanol–water partition coefficient (Wildman–Crippen LogP) is 6.06. The molecule has 172 valence electrons. The van der Waals surface area contributed by atoms with Crippen LogP contribution in [0.5, 0.6) is 0 Å². The van der Waals surface area contributed by atoms with Crippen LogP contribution >= 0.6 is 11.6 Å². The number of H-pyrrole nitrogens is 1. The molecule has 0 radical (unpaired) electrons. The molecule has 0 amide bonds. The molecule has 5 aromatic rings. The molecule has 0 atom stereocenters. The topological polar surface area (TPSA) is 66.5 Å². The molecular formula is C25H19ClF3N5. The van der Waals surface area contributed by atoms with Crippen molar-refractivity contribution >= 4 is 33.4 Å². The van der Waals surface area contributed by atoms with Gasteiger partial charge in [0.15, 0.2) is 5.69 Å². The molecule has 0 aliphatic rings. The fourth-order valence-electron chi connectivity index (χ4n) is 3.95. The van der Waals surface area contributed by atoms with E-state index < -0.39 is 11.9 Å². The summed E-state index contributed by atoms with van der Waals surface area (Å²) in [6.45, 7) is 0.983. The smallest absolute Gasteiger partial charge is 0.309 e. The average Bonchev–Trinajstić information content (AvgIpc) is 3.23. The molecule has 5 nitrogen and oxygen atoms in total. The SMILES string of the molecule is FC(F)(F)c1n[nH]c2ccc(CNCc3ccnc(Cc4ccc5ncc(Cl)cc5c4)c3)cc12. The molecule has 0 spiro atoms. The van der Waals surface area contributed by atoms with Crippen molar-refractivity contribution in [3.05, 3.63) is 100 Å². The maximum absolute atomic E-state index is 13.1. The maximum Gasteiger partial charge on any atom is 0.435 e. The average molecular weight is 482 g/mol. The van der Waals surface area contributed by atoms with E-state index in [1.807, 2.05) is 30.3 Å². The minimum absolute atomic E-state index is 0.0740. The van der Waals surface area contributed by atoms with Crippen LogP contribution in [-0.4, -0.2) is 20.2 Å². The zero-order valence-electron chi connectivity index (χ0n) is 17.8. The van der Waals surface area contributed by atoms with Gasteiger partial charge in [-0.25, -0.2) is 0 Å². The monoisotopic (exact) mass is 481 g/mol. The number of hydrogen-bond donors (Lipinski definition) is 2. The Balaban J connectivity index is 1.25. The van der Waals surface area contributed by atoms with Gasteiger partial charge in [0.2, 0.25) is 0 Å². The second kappa shape index (κ2) is 9.04. The summed E-state index contributed by atoms with van der Waals surface area (Å²) in [5, 5.41) is 10.8. The Morgan fingerprint density at radius 3 is 2.50 bits per heavy atom. The number of hydrogen-bond acceptors (Lipinski definition) is 4. The van der Waals surface area contributed by atoms with Gasteiger partial charge >= 0.3 is 6.18 Å². The van der Waals surface area contributed by atoms with Crippen LogP contribution in [0.4, 0.5) is 13.2 Å². The lowest BCUT2D eigenvalue weighted by Crippen LogP contribution is -2.13. The van der Waals surface area contributed by atoms with Crippen LogP contribution < -0.4 is 5.32 Å². The third-order valence-corrected chi connectivity index (χ3v) is 5.74. The molecule has 5 rings (SSSR count). The van der Waals surface area contributed by atoms with E-state index >= 15 is 0 Å². The number of rotatable bonds is 6. The van der Waals surface area contributed by atoms with E-state index in [2.05, 4.69) is 31.5 Å². The van der Waals surface area contributed by atoms with Gasteiger partial charge in [0.1, 0.15) is 0 Å². The highest BCUT2D eigenvalue weighted by Gasteiger charge is 2.35. The number of nitrogens with zero attached hydrogens (tertiary/aromatic N) is 3. The Bertz CT molecular complexity index is 1480. The highest BCUT2D eigenvalue weighted by atomic mass is 35.5. The third-order valence-electron chi connectivity index (χ3n) is 5.53. The molecule has 2 N–H and O–H groups in total. The van der Waals surface area contributed by atoms with Crippen LogP contribution in [0.1, 0.15) is 28.1 Å². The van der Waals surface area contributed by atoms with E-state index in [9.17, 15) is 13.2 Å². The Labute approximate surface area is 198 Å². The third kappa shape index (κ3) is 4.88. The maximum atomic E-state index is 13.1. The minimum Gasteiger partial charge on any atom is -0.309 e. The van der Waals surface area contributed by atoms with E-state index in [0.717, 1.165) is 33.3 Å².